The van der Waals surface area contributed by atoms with E-state index in [0.29, 0.717) is 9.89 Å². The fraction of sp³-hybridized carbons (Fsp3) is 0.636. The number of halogens is 1. The van der Waals surface area contributed by atoms with Crippen LogP contribution in [0.2, 0.25) is 0 Å². The number of rotatable bonds is 4. The van der Waals surface area contributed by atoms with Crippen molar-refractivity contribution >= 4 is 21.6 Å². The number of aryl methyl sites for hydroxylation is 1. The van der Waals surface area contributed by atoms with Crippen LogP contribution in [0.1, 0.15) is 26.2 Å². The molecule has 0 atom stereocenters. The zero-order chi connectivity index (χ0) is 11.8. The van der Waals surface area contributed by atoms with E-state index >= 15 is 0 Å². The molecule has 0 radical (unpaired) electrons. The van der Waals surface area contributed by atoms with Crippen LogP contribution in [0, 0.1) is 5.41 Å². The molecular weight excluding hydrogens is 270 g/mol. The molecule has 2 rings (SSSR count). The van der Waals surface area contributed by atoms with Gasteiger partial charge in [-0.1, -0.05) is 6.92 Å². The molecule has 1 fully saturated rings. The van der Waals surface area contributed by atoms with Gasteiger partial charge in [-0.2, -0.15) is 5.10 Å². The molecule has 0 unspecified atom stereocenters. The number of nitrogens with one attached hydrogen (secondary N) is 1. The highest BCUT2D eigenvalue weighted by atomic mass is 79.9. The average molecular weight is 286 g/mol. The lowest BCUT2D eigenvalue weighted by Gasteiger charge is -2.15. The minimum absolute atomic E-state index is 0.105. The van der Waals surface area contributed by atoms with Crippen molar-refractivity contribution in [2.24, 2.45) is 12.5 Å². The fourth-order valence-corrected chi connectivity index (χ4v) is 2.25. The predicted molar refractivity (Wildman–Crippen MR) is 67.6 cm³/mol. The van der Waals surface area contributed by atoms with Crippen molar-refractivity contribution in [3.8, 4) is 0 Å². The van der Waals surface area contributed by atoms with Gasteiger partial charge in [-0.25, -0.2) is 4.68 Å². The van der Waals surface area contributed by atoms with Gasteiger partial charge < -0.3 is 5.32 Å². The summed E-state index contributed by atoms with van der Waals surface area (Å²) in [6.07, 6.45) is 5.45. The van der Waals surface area contributed by atoms with Gasteiger partial charge in [0.15, 0.2) is 0 Å². The van der Waals surface area contributed by atoms with E-state index < -0.39 is 0 Å². The van der Waals surface area contributed by atoms with Gasteiger partial charge in [0.25, 0.3) is 5.56 Å². The summed E-state index contributed by atoms with van der Waals surface area (Å²) in [5.41, 5.74) is 1.15. The molecule has 1 heterocycles. The van der Waals surface area contributed by atoms with Crippen molar-refractivity contribution in [3.63, 3.8) is 0 Å². The van der Waals surface area contributed by atoms with Crippen LogP contribution in [0.25, 0.3) is 0 Å². The molecule has 0 spiro atoms. The van der Waals surface area contributed by atoms with E-state index in [2.05, 4.69) is 33.3 Å². The highest BCUT2D eigenvalue weighted by Crippen LogP contribution is 2.48. The number of hydrogen-bond donors (Lipinski definition) is 1. The first kappa shape index (κ1) is 11.6. The molecule has 1 saturated carbocycles. The van der Waals surface area contributed by atoms with E-state index in [9.17, 15) is 4.79 Å². The zero-order valence-electron chi connectivity index (χ0n) is 9.59. The highest BCUT2D eigenvalue weighted by Gasteiger charge is 2.40. The highest BCUT2D eigenvalue weighted by molar-refractivity contribution is 9.10. The van der Waals surface area contributed by atoms with Crippen molar-refractivity contribution in [1.82, 2.24) is 9.78 Å². The lowest BCUT2D eigenvalue weighted by molar-refractivity contribution is 0.521. The standard InChI is InChI=1S/C11H16BrN3O/c1-3-11(4-5-11)7-13-8-6-14-15(2)10(16)9(8)12/h6,13H,3-5,7H2,1-2H3. The molecule has 0 bridgehead atoms. The van der Waals surface area contributed by atoms with E-state index in [1.165, 1.54) is 23.9 Å². The van der Waals surface area contributed by atoms with Crippen molar-refractivity contribution in [2.45, 2.75) is 26.2 Å². The molecule has 0 aliphatic heterocycles. The topological polar surface area (TPSA) is 46.9 Å². The van der Waals surface area contributed by atoms with Gasteiger partial charge in [0.1, 0.15) is 4.47 Å². The minimum atomic E-state index is -0.105. The molecule has 1 aliphatic carbocycles. The second kappa shape index (κ2) is 4.20. The first-order valence-electron chi connectivity index (χ1n) is 5.54. The maximum atomic E-state index is 11.6. The van der Waals surface area contributed by atoms with Crippen LogP contribution >= 0.6 is 15.9 Å². The second-order valence-corrected chi connectivity index (χ2v) is 5.30. The van der Waals surface area contributed by atoms with Crippen LogP contribution in [-0.2, 0) is 7.05 Å². The molecule has 1 aromatic rings. The van der Waals surface area contributed by atoms with Crippen LogP contribution in [0.3, 0.4) is 0 Å². The Hall–Kier alpha value is -0.840. The quantitative estimate of drug-likeness (QED) is 0.922. The Balaban J connectivity index is 2.11. The monoisotopic (exact) mass is 285 g/mol. The number of anilines is 1. The van der Waals surface area contributed by atoms with Gasteiger partial charge >= 0.3 is 0 Å². The molecule has 1 N–H and O–H groups in total. The maximum Gasteiger partial charge on any atom is 0.282 e. The summed E-state index contributed by atoms with van der Waals surface area (Å²) in [7, 11) is 1.64. The Labute approximate surface area is 103 Å². The Kier molecular flexibility index (Phi) is 3.06. The molecule has 5 heteroatoms. The van der Waals surface area contributed by atoms with Crippen LogP contribution in [0.15, 0.2) is 15.5 Å². The van der Waals surface area contributed by atoms with Gasteiger partial charge in [-0.15, -0.1) is 0 Å². The third kappa shape index (κ3) is 2.14. The van der Waals surface area contributed by atoms with Crippen molar-refractivity contribution in [3.05, 3.63) is 21.0 Å². The van der Waals surface area contributed by atoms with Crippen molar-refractivity contribution in [2.75, 3.05) is 11.9 Å². The molecule has 16 heavy (non-hydrogen) atoms. The molecule has 1 aliphatic rings. The Morgan fingerprint density at radius 2 is 2.31 bits per heavy atom. The van der Waals surface area contributed by atoms with Gasteiger partial charge in [-0.05, 0) is 40.6 Å². The van der Waals surface area contributed by atoms with E-state index in [0.717, 1.165) is 12.2 Å². The predicted octanol–water partition coefficient (Wildman–Crippen LogP) is 2.14. The summed E-state index contributed by atoms with van der Waals surface area (Å²) in [5, 5.41) is 7.31. The van der Waals surface area contributed by atoms with Crippen molar-refractivity contribution < 1.29 is 0 Å². The van der Waals surface area contributed by atoms with Crippen molar-refractivity contribution in [1.29, 1.82) is 0 Å². The van der Waals surface area contributed by atoms with Crippen LogP contribution in [0.5, 0.6) is 0 Å². The number of aromatic nitrogens is 2. The molecule has 0 saturated heterocycles. The fourth-order valence-electron chi connectivity index (χ4n) is 1.75. The van der Waals surface area contributed by atoms with E-state index in [4.69, 9.17) is 0 Å². The summed E-state index contributed by atoms with van der Waals surface area (Å²) in [4.78, 5) is 11.6. The van der Waals surface area contributed by atoms with Gasteiger partial charge in [0, 0.05) is 13.6 Å². The minimum Gasteiger partial charge on any atom is -0.382 e. The van der Waals surface area contributed by atoms with E-state index in [-0.39, 0.29) is 5.56 Å². The largest absolute Gasteiger partial charge is 0.382 e. The van der Waals surface area contributed by atoms with E-state index in [1.807, 2.05) is 0 Å². The zero-order valence-corrected chi connectivity index (χ0v) is 11.2. The number of hydrogen-bond acceptors (Lipinski definition) is 3. The third-order valence-corrected chi connectivity index (χ3v) is 4.21. The Bertz CT molecular complexity index is 451. The summed E-state index contributed by atoms with van der Waals surface area (Å²) >= 11 is 3.31. The smallest absolute Gasteiger partial charge is 0.282 e. The lowest BCUT2D eigenvalue weighted by Crippen LogP contribution is -2.23. The van der Waals surface area contributed by atoms with Gasteiger partial charge in [-0.3, -0.25) is 4.79 Å². The Morgan fingerprint density at radius 3 is 2.88 bits per heavy atom. The summed E-state index contributed by atoms with van der Waals surface area (Å²) < 4.78 is 1.89. The van der Waals surface area contributed by atoms with Crippen LogP contribution in [0.4, 0.5) is 5.69 Å². The summed E-state index contributed by atoms with van der Waals surface area (Å²) in [6, 6.07) is 0. The first-order chi connectivity index (χ1) is 7.58. The maximum absolute atomic E-state index is 11.6. The molecular formula is C11H16BrN3O. The molecule has 0 aromatic carbocycles. The average Bonchev–Trinajstić information content (AvgIpc) is 3.06. The van der Waals surface area contributed by atoms with E-state index in [1.54, 1.807) is 13.2 Å². The molecule has 4 nitrogen and oxygen atoms in total. The normalized spacial score (nSPS) is 17.2. The second-order valence-electron chi connectivity index (χ2n) is 4.51. The van der Waals surface area contributed by atoms with Gasteiger partial charge in [0.05, 0.1) is 11.9 Å². The third-order valence-electron chi connectivity index (χ3n) is 3.44. The van der Waals surface area contributed by atoms with Gasteiger partial charge in [0.2, 0.25) is 0 Å². The first-order valence-corrected chi connectivity index (χ1v) is 6.33. The summed E-state index contributed by atoms with van der Waals surface area (Å²) in [5.74, 6) is 0. The summed E-state index contributed by atoms with van der Waals surface area (Å²) in [6.45, 7) is 3.14. The van der Waals surface area contributed by atoms with Crippen LogP contribution < -0.4 is 10.9 Å². The molecule has 0 amide bonds. The molecule has 1 aromatic heterocycles. The lowest BCUT2D eigenvalue weighted by atomic mass is 10.0. The number of nitrogens with zero attached hydrogens (tertiary/aromatic N) is 2. The SMILES string of the molecule is CCC1(CNc2cnn(C)c(=O)c2Br)CC1. The van der Waals surface area contributed by atoms with Crippen LogP contribution in [-0.4, -0.2) is 16.3 Å². The Morgan fingerprint density at radius 1 is 1.62 bits per heavy atom. The molecule has 88 valence electrons.